The maximum absolute atomic E-state index is 13.3. The van der Waals surface area contributed by atoms with Crippen molar-refractivity contribution >= 4 is 46.8 Å². The predicted octanol–water partition coefficient (Wildman–Crippen LogP) is 6.26. The molecule has 32 heavy (non-hydrogen) atoms. The molecular weight excluding hydrogens is 463 g/mol. The molecule has 0 bridgehead atoms. The number of thioether (sulfide) groups is 1. The number of rotatable bonds is 9. The second-order valence-corrected chi connectivity index (χ2v) is 10.7. The highest BCUT2D eigenvalue weighted by atomic mass is 35.5. The molecule has 2 amide bonds. The molecule has 2 aromatic carbocycles. The monoisotopic (exact) mass is 494 g/mol. The van der Waals surface area contributed by atoms with Crippen molar-refractivity contribution in [2.75, 3.05) is 5.75 Å². The van der Waals surface area contributed by atoms with Crippen LogP contribution in [-0.2, 0) is 21.9 Å². The molecule has 0 spiro atoms. The van der Waals surface area contributed by atoms with E-state index in [1.807, 2.05) is 58.9 Å². The first-order valence-corrected chi connectivity index (χ1v) is 12.6. The molecule has 0 aliphatic heterocycles. The molecule has 1 atom stereocenters. The first kappa shape index (κ1) is 26.6. The second kappa shape index (κ2) is 12.0. The predicted molar refractivity (Wildman–Crippen MR) is 136 cm³/mol. The molecule has 7 heteroatoms. The van der Waals surface area contributed by atoms with Gasteiger partial charge in [0, 0.05) is 27.9 Å². The van der Waals surface area contributed by atoms with Crippen molar-refractivity contribution in [2.45, 2.75) is 64.9 Å². The Morgan fingerprint density at radius 1 is 1.09 bits per heavy atom. The van der Waals surface area contributed by atoms with Crippen LogP contribution >= 0.6 is 35.0 Å². The zero-order valence-corrected chi connectivity index (χ0v) is 21.7. The Hall–Kier alpha value is -1.69. The van der Waals surface area contributed by atoms with Crippen LogP contribution in [0.15, 0.2) is 42.5 Å². The lowest BCUT2D eigenvalue weighted by molar-refractivity contribution is -0.140. The van der Waals surface area contributed by atoms with Gasteiger partial charge >= 0.3 is 0 Å². The summed E-state index contributed by atoms with van der Waals surface area (Å²) in [7, 11) is 0. The fraction of sp³-hybridized carbons (Fsp3) is 0.440. The minimum atomic E-state index is -0.549. The first-order valence-electron chi connectivity index (χ1n) is 10.7. The molecule has 2 aromatic rings. The molecule has 1 N–H and O–H groups in total. The van der Waals surface area contributed by atoms with Crippen LogP contribution in [0.2, 0.25) is 10.0 Å². The van der Waals surface area contributed by atoms with Crippen LogP contribution in [0.3, 0.4) is 0 Å². The fourth-order valence-electron chi connectivity index (χ4n) is 3.37. The van der Waals surface area contributed by atoms with Crippen molar-refractivity contribution in [3.63, 3.8) is 0 Å². The number of aryl methyl sites for hydroxylation is 1. The first-order chi connectivity index (χ1) is 15.0. The Morgan fingerprint density at radius 2 is 1.72 bits per heavy atom. The van der Waals surface area contributed by atoms with Gasteiger partial charge in [0.1, 0.15) is 6.04 Å². The van der Waals surface area contributed by atoms with Gasteiger partial charge in [-0.2, -0.15) is 0 Å². The summed E-state index contributed by atoms with van der Waals surface area (Å²) >= 11 is 14.0. The van der Waals surface area contributed by atoms with Crippen molar-refractivity contribution in [1.29, 1.82) is 0 Å². The lowest BCUT2D eigenvalue weighted by Gasteiger charge is -2.33. The van der Waals surface area contributed by atoms with E-state index in [4.69, 9.17) is 23.2 Å². The van der Waals surface area contributed by atoms with E-state index in [2.05, 4.69) is 5.32 Å². The average molecular weight is 496 g/mol. The number of benzene rings is 2. The van der Waals surface area contributed by atoms with Gasteiger partial charge in [-0.25, -0.2) is 0 Å². The van der Waals surface area contributed by atoms with Gasteiger partial charge in [0.2, 0.25) is 11.8 Å². The largest absolute Gasteiger partial charge is 0.350 e. The standard InChI is InChI=1S/C25H32Cl2N2O2S/c1-6-22(24(31)28-25(3,4)5)29(14-18-10-7-9-17(2)13-18)23(30)16-32-15-19-20(26)11-8-12-21(19)27/h7-13,22H,6,14-16H2,1-5H3,(H,28,31)/t22-/m0/s1. The van der Waals surface area contributed by atoms with Crippen LogP contribution in [-0.4, -0.2) is 34.0 Å². The molecule has 0 aromatic heterocycles. The molecule has 4 nitrogen and oxygen atoms in total. The third-order valence-corrected chi connectivity index (χ3v) is 6.51. The Balaban J connectivity index is 2.20. The van der Waals surface area contributed by atoms with Gasteiger partial charge < -0.3 is 10.2 Å². The lowest BCUT2D eigenvalue weighted by atomic mass is 10.1. The van der Waals surface area contributed by atoms with Gasteiger partial charge in [-0.3, -0.25) is 9.59 Å². The Kier molecular flexibility index (Phi) is 9.93. The number of halogens is 2. The summed E-state index contributed by atoms with van der Waals surface area (Å²) in [5, 5.41) is 4.20. The van der Waals surface area contributed by atoms with E-state index in [9.17, 15) is 9.59 Å². The molecule has 0 heterocycles. The van der Waals surface area contributed by atoms with Gasteiger partial charge in [0.25, 0.3) is 0 Å². The smallest absolute Gasteiger partial charge is 0.243 e. The number of nitrogens with zero attached hydrogens (tertiary/aromatic N) is 1. The van der Waals surface area contributed by atoms with Crippen LogP contribution in [0.4, 0.5) is 0 Å². The van der Waals surface area contributed by atoms with Gasteiger partial charge in [-0.15, -0.1) is 11.8 Å². The van der Waals surface area contributed by atoms with Gasteiger partial charge in [-0.1, -0.05) is 66.0 Å². The molecule has 0 radical (unpaired) electrons. The molecular formula is C25H32Cl2N2O2S. The van der Waals surface area contributed by atoms with E-state index in [0.29, 0.717) is 28.8 Å². The lowest BCUT2D eigenvalue weighted by Crippen LogP contribution is -2.53. The van der Waals surface area contributed by atoms with Crippen molar-refractivity contribution < 1.29 is 9.59 Å². The maximum atomic E-state index is 13.3. The van der Waals surface area contributed by atoms with Crippen LogP contribution in [0.1, 0.15) is 50.8 Å². The summed E-state index contributed by atoms with van der Waals surface area (Å²) in [6.45, 7) is 10.1. The number of carbonyl (C=O) groups is 2. The minimum absolute atomic E-state index is 0.0874. The summed E-state index contributed by atoms with van der Waals surface area (Å²) in [6, 6.07) is 12.8. The van der Waals surface area contributed by atoms with E-state index >= 15 is 0 Å². The van der Waals surface area contributed by atoms with Crippen LogP contribution in [0, 0.1) is 6.92 Å². The maximum Gasteiger partial charge on any atom is 0.243 e. The normalized spacial score (nSPS) is 12.3. The minimum Gasteiger partial charge on any atom is -0.350 e. The van der Waals surface area contributed by atoms with Gasteiger partial charge in [0.15, 0.2) is 0 Å². The van der Waals surface area contributed by atoms with E-state index in [1.54, 1.807) is 23.1 Å². The number of hydrogen-bond donors (Lipinski definition) is 1. The second-order valence-electron chi connectivity index (χ2n) is 8.87. The van der Waals surface area contributed by atoms with Crippen molar-refractivity contribution in [2.24, 2.45) is 0 Å². The van der Waals surface area contributed by atoms with Crippen molar-refractivity contribution in [3.8, 4) is 0 Å². The van der Waals surface area contributed by atoms with E-state index < -0.39 is 6.04 Å². The average Bonchev–Trinajstić information content (AvgIpc) is 2.68. The highest BCUT2D eigenvalue weighted by Crippen LogP contribution is 2.28. The summed E-state index contributed by atoms with van der Waals surface area (Å²) < 4.78 is 0. The summed E-state index contributed by atoms with van der Waals surface area (Å²) in [6.07, 6.45) is 0.528. The van der Waals surface area contributed by atoms with Crippen LogP contribution < -0.4 is 5.32 Å². The zero-order valence-electron chi connectivity index (χ0n) is 19.4. The highest BCUT2D eigenvalue weighted by Gasteiger charge is 2.30. The van der Waals surface area contributed by atoms with Crippen LogP contribution in [0.5, 0.6) is 0 Å². The van der Waals surface area contributed by atoms with Gasteiger partial charge in [0.05, 0.1) is 5.75 Å². The van der Waals surface area contributed by atoms with Gasteiger partial charge in [-0.05, 0) is 57.4 Å². The number of hydrogen-bond acceptors (Lipinski definition) is 3. The van der Waals surface area contributed by atoms with E-state index in [1.165, 1.54) is 11.8 Å². The zero-order chi connectivity index (χ0) is 23.9. The Morgan fingerprint density at radius 3 is 2.28 bits per heavy atom. The number of nitrogens with one attached hydrogen (secondary N) is 1. The van der Waals surface area contributed by atoms with Crippen molar-refractivity contribution in [3.05, 3.63) is 69.2 Å². The highest BCUT2D eigenvalue weighted by molar-refractivity contribution is 7.99. The molecule has 174 valence electrons. The van der Waals surface area contributed by atoms with Crippen molar-refractivity contribution in [1.82, 2.24) is 10.2 Å². The quantitative estimate of drug-likeness (QED) is 0.447. The SMILES string of the molecule is CC[C@@H](C(=O)NC(C)(C)C)N(Cc1cccc(C)c1)C(=O)CSCc1c(Cl)cccc1Cl. The molecule has 0 aliphatic rings. The fourth-order valence-corrected chi connectivity index (χ4v) is 5.02. The summed E-state index contributed by atoms with van der Waals surface area (Å²) in [5.74, 6) is 0.524. The summed E-state index contributed by atoms with van der Waals surface area (Å²) in [4.78, 5) is 28.0. The molecule has 0 unspecified atom stereocenters. The van der Waals surface area contributed by atoms with E-state index in [0.717, 1.165) is 16.7 Å². The molecule has 0 saturated carbocycles. The number of carbonyl (C=O) groups excluding carboxylic acids is 2. The molecule has 0 aliphatic carbocycles. The molecule has 0 fully saturated rings. The Bertz CT molecular complexity index is 924. The Labute approximate surface area is 206 Å². The summed E-state index contributed by atoms with van der Waals surface area (Å²) in [5.41, 5.74) is 2.55. The third-order valence-electron chi connectivity index (χ3n) is 4.85. The topological polar surface area (TPSA) is 49.4 Å². The molecule has 2 rings (SSSR count). The molecule has 0 saturated heterocycles. The van der Waals surface area contributed by atoms with Crippen LogP contribution in [0.25, 0.3) is 0 Å². The third kappa shape index (κ3) is 8.02. The van der Waals surface area contributed by atoms with E-state index in [-0.39, 0.29) is 23.1 Å². The number of amides is 2.